The second-order valence-corrected chi connectivity index (χ2v) is 13.3. The molecule has 0 spiro atoms. The number of thiophene rings is 1. The fourth-order valence-corrected chi connectivity index (χ4v) is 6.89. The number of ether oxygens (including phenoxy) is 1. The zero-order valence-corrected chi connectivity index (χ0v) is 27.1. The number of hydrogen-bond donors (Lipinski definition) is 1. The van der Waals surface area contributed by atoms with Gasteiger partial charge < -0.3 is 9.64 Å². The minimum Gasteiger partial charge on any atom is -0.493 e. The van der Waals surface area contributed by atoms with E-state index in [4.69, 9.17) is 16.3 Å². The summed E-state index contributed by atoms with van der Waals surface area (Å²) in [5.74, 6) is 0.377. The third-order valence-corrected chi connectivity index (χ3v) is 9.49. The van der Waals surface area contributed by atoms with Gasteiger partial charge in [-0.25, -0.2) is 13.1 Å². The highest BCUT2D eigenvalue weighted by Crippen LogP contribution is 2.35. The molecule has 0 saturated heterocycles. The van der Waals surface area contributed by atoms with Gasteiger partial charge in [-0.15, -0.1) is 0 Å². The molecular weight excluding hydrogens is 600 g/mol. The highest BCUT2D eigenvalue weighted by atomic mass is 35.5. The molecule has 1 heterocycles. The van der Waals surface area contributed by atoms with E-state index in [9.17, 15) is 13.2 Å². The molecule has 1 N–H and O–H groups in total. The molecule has 0 aliphatic carbocycles. The molecule has 0 aliphatic rings. The average Bonchev–Trinajstić information content (AvgIpc) is 3.52. The van der Waals surface area contributed by atoms with E-state index in [2.05, 4.69) is 11.6 Å². The van der Waals surface area contributed by atoms with Crippen LogP contribution in [0.5, 0.6) is 5.75 Å². The van der Waals surface area contributed by atoms with E-state index in [0.717, 1.165) is 48.8 Å². The van der Waals surface area contributed by atoms with Gasteiger partial charge in [-0.1, -0.05) is 81.1 Å². The van der Waals surface area contributed by atoms with Crippen molar-refractivity contribution < 1.29 is 17.9 Å². The summed E-state index contributed by atoms with van der Waals surface area (Å²) in [6, 6.07) is 22.1. The van der Waals surface area contributed by atoms with Crippen molar-refractivity contribution in [3.05, 3.63) is 99.7 Å². The molecule has 0 unspecified atom stereocenters. The van der Waals surface area contributed by atoms with Crippen LogP contribution in [-0.4, -0.2) is 27.5 Å². The predicted molar refractivity (Wildman–Crippen MR) is 178 cm³/mol. The Bertz CT molecular complexity index is 1580. The standard InChI is InChI=1S/C34H39ClN2O4S2/c1-3-5-6-10-18-36-43(39,40)33-16-13-28(27-11-8-7-9-12-27)23-31(33)37(34(38)21-26-17-20-42-25-26)24-29-22-30(35)14-15-32(29)41-19-4-2/h7-9,11-17,20,22-23,25,36H,3-6,10,18-19,21,24H2,1-2H3. The van der Waals surface area contributed by atoms with E-state index in [1.807, 2.05) is 54.1 Å². The van der Waals surface area contributed by atoms with Crippen LogP contribution in [0.15, 0.2) is 88.5 Å². The van der Waals surface area contributed by atoms with Crippen molar-refractivity contribution in [2.24, 2.45) is 0 Å². The normalized spacial score (nSPS) is 11.4. The largest absolute Gasteiger partial charge is 0.493 e. The molecule has 1 aromatic heterocycles. The lowest BCUT2D eigenvalue weighted by Gasteiger charge is -2.27. The summed E-state index contributed by atoms with van der Waals surface area (Å²) in [4.78, 5) is 15.7. The minimum absolute atomic E-state index is 0.0550. The van der Waals surface area contributed by atoms with E-state index < -0.39 is 10.0 Å². The number of unbranched alkanes of at least 4 members (excludes halogenated alkanes) is 3. The van der Waals surface area contributed by atoms with E-state index in [0.29, 0.717) is 35.2 Å². The number of rotatable bonds is 16. The smallest absolute Gasteiger partial charge is 0.242 e. The average molecular weight is 639 g/mol. The van der Waals surface area contributed by atoms with Crippen LogP contribution in [0.25, 0.3) is 11.1 Å². The summed E-state index contributed by atoms with van der Waals surface area (Å²) in [6.45, 7) is 5.05. The van der Waals surface area contributed by atoms with Gasteiger partial charge >= 0.3 is 0 Å². The number of nitrogens with one attached hydrogen (secondary N) is 1. The van der Waals surface area contributed by atoms with E-state index in [1.54, 1.807) is 41.3 Å². The molecule has 0 radical (unpaired) electrons. The fraction of sp³-hybridized carbons (Fsp3) is 0.324. The molecule has 43 heavy (non-hydrogen) atoms. The summed E-state index contributed by atoms with van der Waals surface area (Å²) in [5.41, 5.74) is 3.59. The van der Waals surface area contributed by atoms with Crippen LogP contribution < -0.4 is 14.4 Å². The lowest BCUT2D eigenvalue weighted by atomic mass is 10.0. The van der Waals surface area contributed by atoms with Gasteiger partial charge in [-0.05, 0) is 76.7 Å². The Kier molecular flexibility index (Phi) is 12.2. The van der Waals surface area contributed by atoms with Crippen LogP contribution in [0.2, 0.25) is 5.02 Å². The molecule has 0 aliphatic heterocycles. The van der Waals surface area contributed by atoms with Gasteiger partial charge in [0.15, 0.2) is 0 Å². The Balaban J connectivity index is 1.83. The zero-order chi connectivity index (χ0) is 30.7. The number of halogens is 1. The first kappa shape index (κ1) is 32.7. The second-order valence-electron chi connectivity index (χ2n) is 10.4. The van der Waals surface area contributed by atoms with Crippen molar-refractivity contribution in [2.75, 3.05) is 18.1 Å². The minimum atomic E-state index is -3.94. The van der Waals surface area contributed by atoms with Crippen molar-refractivity contribution in [3.63, 3.8) is 0 Å². The monoisotopic (exact) mass is 638 g/mol. The quantitative estimate of drug-likeness (QED) is 0.125. The van der Waals surface area contributed by atoms with E-state index >= 15 is 0 Å². The molecule has 0 fully saturated rings. The third kappa shape index (κ3) is 9.16. The third-order valence-electron chi connectivity index (χ3n) is 7.02. The summed E-state index contributed by atoms with van der Waals surface area (Å²) in [6.07, 6.45) is 4.73. The maximum atomic E-state index is 14.1. The number of amides is 1. The van der Waals surface area contributed by atoms with E-state index in [-0.39, 0.29) is 23.8 Å². The van der Waals surface area contributed by atoms with Gasteiger partial charge in [0.1, 0.15) is 10.6 Å². The summed E-state index contributed by atoms with van der Waals surface area (Å²) in [5, 5.41) is 4.36. The molecule has 1 amide bonds. The number of sulfonamides is 1. The Morgan fingerprint density at radius 1 is 0.930 bits per heavy atom. The van der Waals surface area contributed by atoms with Gasteiger partial charge in [0.25, 0.3) is 0 Å². The first-order valence-electron chi connectivity index (χ1n) is 14.7. The number of carbonyl (C=O) groups is 1. The molecule has 3 aromatic carbocycles. The maximum absolute atomic E-state index is 14.1. The van der Waals surface area contributed by atoms with Gasteiger partial charge in [0.05, 0.1) is 25.3 Å². The summed E-state index contributed by atoms with van der Waals surface area (Å²) >= 11 is 7.93. The van der Waals surface area contributed by atoms with Crippen LogP contribution >= 0.6 is 22.9 Å². The highest BCUT2D eigenvalue weighted by molar-refractivity contribution is 7.89. The molecule has 0 bridgehead atoms. The SMILES string of the molecule is CCCCCCNS(=O)(=O)c1ccc(-c2ccccc2)cc1N(Cc1cc(Cl)ccc1OCCC)C(=O)Cc1ccsc1. The van der Waals surface area contributed by atoms with Gasteiger partial charge in [-0.3, -0.25) is 4.79 Å². The summed E-state index contributed by atoms with van der Waals surface area (Å²) < 4.78 is 36.4. The van der Waals surface area contributed by atoms with Crippen molar-refractivity contribution in [1.82, 2.24) is 4.72 Å². The molecule has 4 rings (SSSR count). The summed E-state index contributed by atoms with van der Waals surface area (Å²) in [7, 11) is -3.94. The van der Waals surface area contributed by atoms with Crippen molar-refractivity contribution in [1.29, 1.82) is 0 Å². The maximum Gasteiger partial charge on any atom is 0.242 e. The fourth-order valence-electron chi connectivity index (χ4n) is 4.77. The van der Waals surface area contributed by atoms with Crippen LogP contribution in [-0.2, 0) is 27.8 Å². The zero-order valence-electron chi connectivity index (χ0n) is 24.7. The van der Waals surface area contributed by atoms with Crippen molar-refractivity contribution >= 4 is 44.6 Å². The molecule has 4 aromatic rings. The number of anilines is 1. The Labute approximate surface area is 264 Å². The topological polar surface area (TPSA) is 75.7 Å². The van der Waals surface area contributed by atoms with Crippen molar-refractivity contribution in [3.8, 4) is 16.9 Å². The second kappa shape index (κ2) is 16.1. The number of carbonyl (C=O) groups excluding carboxylic acids is 1. The van der Waals surface area contributed by atoms with Crippen LogP contribution in [0.3, 0.4) is 0 Å². The molecule has 9 heteroatoms. The lowest BCUT2D eigenvalue weighted by Crippen LogP contribution is -2.34. The first-order valence-corrected chi connectivity index (χ1v) is 17.5. The van der Waals surface area contributed by atoms with Crippen LogP contribution in [0, 0.1) is 0 Å². The predicted octanol–water partition coefficient (Wildman–Crippen LogP) is 8.49. The van der Waals surface area contributed by atoms with Gasteiger partial charge in [-0.2, -0.15) is 11.3 Å². The van der Waals surface area contributed by atoms with Crippen LogP contribution in [0.4, 0.5) is 5.69 Å². The Morgan fingerprint density at radius 3 is 2.47 bits per heavy atom. The first-order chi connectivity index (χ1) is 20.8. The molecule has 6 nitrogen and oxygen atoms in total. The molecule has 0 saturated carbocycles. The number of benzene rings is 3. The number of hydrogen-bond acceptors (Lipinski definition) is 5. The lowest BCUT2D eigenvalue weighted by molar-refractivity contribution is -0.118. The van der Waals surface area contributed by atoms with E-state index in [1.165, 1.54) is 11.3 Å². The Hall–Kier alpha value is -3.17. The van der Waals surface area contributed by atoms with Crippen LogP contribution in [0.1, 0.15) is 57.1 Å². The Morgan fingerprint density at radius 2 is 1.74 bits per heavy atom. The highest BCUT2D eigenvalue weighted by Gasteiger charge is 2.27. The molecule has 0 atom stereocenters. The molecule has 228 valence electrons. The number of nitrogens with zero attached hydrogens (tertiary/aromatic N) is 1. The van der Waals surface area contributed by atoms with Crippen molar-refractivity contribution in [2.45, 2.75) is 63.8 Å². The molecular formula is C34H39ClN2O4S2. The van der Waals surface area contributed by atoms with Gasteiger partial charge in [0.2, 0.25) is 15.9 Å². The van der Waals surface area contributed by atoms with Gasteiger partial charge in [0, 0.05) is 17.1 Å².